The zero-order chi connectivity index (χ0) is 36.1. The summed E-state index contributed by atoms with van der Waals surface area (Å²) in [4.78, 5) is 35.1. The Bertz CT molecular complexity index is 1070. The van der Waals surface area contributed by atoms with E-state index in [1.54, 1.807) is 32.9 Å². The minimum Gasteiger partial charge on any atom is -0.459 e. The first-order valence-corrected chi connectivity index (χ1v) is 16.6. The van der Waals surface area contributed by atoms with Gasteiger partial charge in [-0.1, -0.05) is 73.6 Å². The van der Waals surface area contributed by atoms with Gasteiger partial charge in [0.2, 0.25) is 0 Å². The third-order valence-electron chi connectivity index (χ3n) is 9.36. The lowest BCUT2D eigenvalue weighted by molar-refractivity contribution is -0.221. The van der Waals surface area contributed by atoms with Gasteiger partial charge < -0.3 is 14.2 Å². The summed E-state index contributed by atoms with van der Waals surface area (Å²) in [6.07, 6.45) is 0.423. The minimum atomic E-state index is -4.49. The summed E-state index contributed by atoms with van der Waals surface area (Å²) in [5, 5.41) is 0. The summed E-state index contributed by atoms with van der Waals surface area (Å²) >= 11 is 0. The lowest BCUT2D eigenvalue weighted by atomic mass is 9.75. The van der Waals surface area contributed by atoms with Crippen molar-refractivity contribution in [1.29, 1.82) is 0 Å². The molecule has 0 N–H and O–H groups in total. The summed E-state index contributed by atoms with van der Waals surface area (Å²) in [6, 6.07) is 9.15. The van der Waals surface area contributed by atoms with Gasteiger partial charge >= 0.3 is 24.1 Å². The second kappa shape index (κ2) is 20.8. The molecule has 0 aliphatic heterocycles. The molecule has 0 spiro atoms. The molecule has 2 rings (SSSR count). The lowest BCUT2D eigenvalue weighted by Crippen LogP contribution is -2.42. The van der Waals surface area contributed by atoms with Crippen molar-refractivity contribution in [2.75, 3.05) is 0 Å². The molecule has 0 heterocycles. The summed E-state index contributed by atoms with van der Waals surface area (Å²) in [7, 11) is 0. The van der Waals surface area contributed by atoms with Crippen molar-refractivity contribution in [3.63, 3.8) is 0 Å². The lowest BCUT2D eigenvalue weighted by Gasteiger charge is -2.39. The van der Waals surface area contributed by atoms with Crippen LogP contribution in [0.1, 0.15) is 150 Å². The number of benzene rings is 1. The maximum Gasteiger partial charge on any atom is 0.425 e. The predicted octanol–water partition coefficient (Wildman–Crippen LogP) is 11.8. The quantitative estimate of drug-likeness (QED) is 0.180. The van der Waals surface area contributed by atoms with Gasteiger partial charge in [0.1, 0.15) is 11.4 Å². The average Bonchev–Trinajstić information content (AvgIpc) is 2.97. The minimum absolute atomic E-state index is 0. The van der Waals surface area contributed by atoms with Gasteiger partial charge in [0.25, 0.3) is 0 Å². The number of alkyl halides is 3. The van der Waals surface area contributed by atoms with E-state index in [4.69, 9.17) is 9.47 Å². The van der Waals surface area contributed by atoms with Crippen LogP contribution in [0.4, 0.5) is 13.2 Å². The highest BCUT2D eigenvalue weighted by atomic mass is 19.4. The van der Waals surface area contributed by atoms with Crippen LogP contribution >= 0.6 is 0 Å². The van der Waals surface area contributed by atoms with E-state index in [2.05, 4.69) is 25.5 Å². The molecule has 9 heteroatoms. The molecular weight excluding hydrogens is 621 g/mol. The predicted molar refractivity (Wildman–Crippen MR) is 191 cm³/mol. The van der Waals surface area contributed by atoms with Gasteiger partial charge in [-0.15, -0.1) is 0 Å². The number of carbonyl (C=O) groups is 3. The maximum absolute atomic E-state index is 12.2. The van der Waals surface area contributed by atoms with E-state index < -0.39 is 29.1 Å². The highest BCUT2D eigenvalue weighted by Crippen LogP contribution is 2.38. The molecular formula is C39H69F3O6. The number of halogens is 3. The van der Waals surface area contributed by atoms with Crippen molar-refractivity contribution < 1.29 is 41.8 Å². The first-order valence-electron chi connectivity index (χ1n) is 16.6. The number of ether oxygens (including phenoxy) is 3. The Labute approximate surface area is 291 Å². The number of hydrogen-bond acceptors (Lipinski definition) is 6. The first kappa shape index (κ1) is 49.8. The Morgan fingerprint density at radius 1 is 0.708 bits per heavy atom. The molecule has 0 saturated heterocycles. The van der Waals surface area contributed by atoms with Crippen molar-refractivity contribution in [2.45, 2.75) is 168 Å². The number of carbonyl (C=O) groups excluding carboxylic acids is 3. The van der Waals surface area contributed by atoms with Crippen LogP contribution in [0.25, 0.3) is 0 Å². The van der Waals surface area contributed by atoms with Crippen molar-refractivity contribution in [1.82, 2.24) is 0 Å². The van der Waals surface area contributed by atoms with Crippen LogP contribution in [0.5, 0.6) is 5.75 Å². The molecule has 1 fully saturated rings. The molecule has 1 saturated carbocycles. The zero-order valence-corrected chi connectivity index (χ0v) is 30.7. The molecule has 0 aromatic heterocycles. The molecule has 6 nitrogen and oxygen atoms in total. The van der Waals surface area contributed by atoms with Crippen LogP contribution in [-0.2, 0) is 23.9 Å². The Hall–Kier alpha value is -2.58. The van der Waals surface area contributed by atoms with Crippen molar-refractivity contribution in [3.05, 3.63) is 30.3 Å². The Balaban J connectivity index is -0.000000627. The third-order valence-corrected chi connectivity index (χ3v) is 9.36. The molecule has 0 radical (unpaired) electrons. The van der Waals surface area contributed by atoms with E-state index >= 15 is 0 Å². The largest absolute Gasteiger partial charge is 0.459 e. The van der Waals surface area contributed by atoms with Crippen LogP contribution in [0.3, 0.4) is 0 Å². The fourth-order valence-electron chi connectivity index (χ4n) is 3.97. The molecule has 1 aliphatic carbocycles. The van der Waals surface area contributed by atoms with E-state index in [0.29, 0.717) is 18.1 Å². The normalized spacial score (nSPS) is 17.3. The van der Waals surface area contributed by atoms with Gasteiger partial charge in [-0.3, -0.25) is 14.4 Å². The second-order valence-corrected chi connectivity index (χ2v) is 15.0. The SMILES string of the molecule is C.C.CCC(C)(C)C(=O)OC(C)(C)C1CCC(C)CC1.CCC(C)(C)C(=O)OC(C)C(F)(F)F.CCC(C)(C)C(=O)Oc1ccccc1. The monoisotopic (exact) mass is 691 g/mol. The molecule has 1 atom stereocenters. The fraction of sp³-hybridized carbons (Fsp3) is 0.769. The molecule has 1 aromatic carbocycles. The van der Waals surface area contributed by atoms with Crippen LogP contribution < -0.4 is 4.74 Å². The van der Waals surface area contributed by atoms with Crippen molar-refractivity contribution >= 4 is 17.9 Å². The van der Waals surface area contributed by atoms with Gasteiger partial charge in [-0.05, 0) is 118 Å². The molecule has 1 unspecified atom stereocenters. The van der Waals surface area contributed by atoms with E-state index in [1.807, 2.05) is 59.7 Å². The van der Waals surface area contributed by atoms with E-state index in [1.165, 1.54) is 25.7 Å². The number of rotatable bonds is 10. The van der Waals surface area contributed by atoms with E-state index in [9.17, 15) is 27.6 Å². The summed E-state index contributed by atoms with van der Waals surface area (Å²) in [5.41, 5.74) is -1.95. The first-order chi connectivity index (χ1) is 20.9. The second-order valence-electron chi connectivity index (χ2n) is 15.0. The number of esters is 3. The van der Waals surface area contributed by atoms with Crippen LogP contribution in [0.2, 0.25) is 0 Å². The van der Waals surface area contributed by atoms with Crippen LogP contribution in [0, 0.1) is 28.1 Å². The Morgan fingerprint density at radius 3 is 1.50 bits per heavy atom. The Morgan fingerprint density at radius 2 is 1.10 bits per heavy atom. The highest BCUT2D eigenvalue weighted by molar-refractivity contribution is 5.78. The molecule has 0 amide bonds. The average molecular weight is 691 g/mol. The van der Waals surface area contributed by atoms with Gasteiger partial charge in [0, 0.05) is 0 Å². The number of para-hydroxylation sites is 1. The summed E-state index contributed by atoms with van der Waals surface area (Å²) in [5.74, 6) is 0.925. The fourth-order valence-corrected chi connectivity index (χ4v) is 3.97. The van der Waals surface area contributed by atoms with Crippen molar-refractivity contribution in [3.8, 4) is 5.75 Å². The van der Waals surface area contributed by atoms with Gasteiger partial charge in [0.05, 0.1) is 16.2 Å². The number of hydrogen-bond donors (Lipinski definition) is 0. The van der Waals surface area contributed by atoms with E-state index in [0.717, 1.165) is 25.7 Å². The van der Waals surface area contributed by atoms with Gasteiger partial charge in [0.15, 0.2) is 6.10 Å². The zero-order valence-electron chi connectivity index (χ0n) is 30.7. The topological polar surface area (TPSA) is 78.9 Å². The summed E-state index contributed by atoms with van der Waals surface area (Å²) < 4.78 is 51.4. The molecule has 0 bridgehead atoms. The van der Waals surface area contributed by atoms with Gasteiger partial charge in [-0.25, -0.2) is 0 Å². The van der Waals surface area contributed by atoms with Crippen molar-refractivity contribution in [2.24, 2.45) is 28.1 Å². The van der Waals surface area contributed by atoms with Gasteiger partial charge in [-0.2, -0.15) is 13.2 Å². The third kappa shape index (κ3) is 17.2. The smallest absolute Gasteiger partial charge is 0.425 e. The van der Waals surface area contributed by atoms with E-state index in [-0.39, 0.29) is 37.8 Å². The summed E-state index contributed by atoms with van der Waals surface area (Å²) in [6.45, 7) is 23.9. The molecule has 1 aromatic rings. The molecule has 48 heavy (non-hydrogen) atoms. The molecule has 282 valence electrons. The molecule has 1 aliphatic rings. The van der Waals surface area contributed by atoms with Crippen LogP contribution in [-0.4, -0.2) is 35.8 Å². The Kier molecular flexibility index (Phi) is 21.6. The highest BCUT2D eigenvalue weighted by Gasteiger charge is 2.42. The standard InChI is InChI=1S/C16H30O2.C12H16O2.C9H15F3O2.2CH4/c1-7-15(3,4)14(17)18-16(5,6)13-10-8-12(2)9-11-13;1-4-12(2,3)11(13)14-10-8-6-5-7-9-10;1-5-8(3,4)7(13)14-6(2)9(10,11)12;;/h12-13H,7-11H2,1-6H3;5-9H,4H2,1-3H3;6H,5H2,1-4H3;2*1H4. The maximum atomic E-state index is 12.2. The van der Waals surface area contributed by atoms with Crippen LogP contribution in [0.15, 0.2) is 30.3 Å².